The first-order valence-electron chi connectivity index (χ1n) is 12.4. The van der Waals surface area contributed by atoms with Crippen molar-refractivity contribution in [2.75, 3.05) is 81.3 Å². The second kappa shape index (κ2) is 18.2. The summed E-state index contributed by atoms with van der Waals surface area (Å²) >= 11 is 0. The van der Waals surface area contributed by atoms with Crippen LogP contribution < -0.4 is 9.47 Å². The highest BCUT2D eigenvalue weighted by molar-refractivity contribution is 5.96. The van der Waals surface area contributed by atoms with Gasteiger partial charge in [-0.1, -0.05) is 0 Å². The van der Waals surface area contributed by atoms with Gasteiger partial charge >= 0.3 is 23.9 Å². The van der Waals surface area contributed by atoms with E-state index in [-0.39, 0.29) is 48.7 Å². The van der Waals surface area contributed by atoms with Crippen molar-refractivity contribution in [3.8, 4) is 11.5 Å². The lowest BCUT2D eigenvalue weighted by Crippen LogP contribution is -2.15. The number of rotatable bonds is 18. The number of hydrogen-bond acceptors (Lipinski definition) is 13. The van der Waals surface area contributed by atoms with Crippen LogP contribution in [0.25, 0.3) is 0 Å². The summed E-state index contributed by atoms with van der Waals surface area (Å²) in [5.74, 6) is -1.82. The van der Waals surface area contributed by atoms with E-state index in [0.29, 0.717) is 37.9 Å². The van der Waals surface area contributed by atoms with Gasteiger partial charge < -0.3 is 42.6 Å². The Kier molecular flexibility index (Phi) is 14.7. The van der Waals surface area contributed by atoms with Gasteiger partial charge in [0.2, 0.25) is 0 Å². The molecule has 0 atom stereocenters. The van der Waals surface area contributed by atoms with Crippen LogP contribution in [0.15, 0.2) is 36.4 Å². The van der Waals surface area contributed by atoms with E-state index in [1.807, 2.05) is 0 Å². The summed E-state index contributed by atoms with van der Waals surface area (Å²) < 4.78 is 46.3. The first-order chi connectivity index (χ1) is 19.8. The van der Waals surface area contributed by atoms with Crippen molar-refractivity contribution in [1.82, 2.24) is 0 Å². The molecule has 0 radical (unpaired) electrons. The van der Waals surface area contributed by atoms with Crippen molar-refractivity contribution in [1.29, 1.82) is 0 Å². The third-order valence-corrected chi connectivity index (χ3v) is 5.23. The predicted molar refractivity (Wildman–Crippen MR) is 142 cm³/mol. The fraction of sp³-hybridized carbons (Fsp3) is 0.429. The molecule has 0 aliphatic carbocycles. The molecule has 224 valence electrons. The molecule has 0 aliphatic rings. The molecule has 0 fully saturated rings. The lowest BCUT2D eigenvalue weighted by atomic mass is 10.1. The molecular formula is C28H34O13. The number of esters is 4. The fourth-order valence-corrected chi connectivity index (χ4v) is 3.29. The summed E-state index contributed by atoms with van der Waals surface area (Å²) in [4.78, 5) is 47.3. The monoisotopic (exact) mass is 578 g/mol. The van der Waals surface area contributed by atoms with Crippen LogP contribution in [-0.4, -0.2) is 105 Å². The number of carbonyl (C=O) groups is 4. The SMILES string of the molecule is COC(=O)c1cc(OCCOCCOCCOCCOc2cc(C(=O)OC)cc(C(=O)OC)c2)cc(C(=O)OC)c1. The molecule has 2 aromatic carbocycles. The maximum atomic E-state index is 11.8. The lowest BCUT2D eigenvalue weighted by Gasteiger charge is -2.11. The Bertz CT molecular complexity index is 1000. The van der Waals surface area contributed by atoms with E-state index < -0.39 is 23.9 Å². The normalized spacial score (nSPS) is 10.4. The van der Waals surface area contributed by atoms with Crippen LogP contribution in [0.5, 0.6) is 11.5 Å². The average Bonchev–Trinajstić information content (AvgIpc) is 3.01. The molecule has 0 amide bonds. The van der Waals surface area contributed by atoms with Crippen LogP contribution in [0.2, 0.25) is 0 Å². The number of ether oxygens (including phenoxy) is 9. The van der Waals surface area contributed by atoms with E-state index in [0.717, 1.165) is 0 Å². The molecule has 2 aromatic rings. The van der Waals surface area contributed by atoms with Crippen molar-refractivity contribution in [2.24, 2.45) is 0 Å². The third-order valence-electron chi connectivity index (χ3n) is 5.23. The van der Waals surface area contributed by atoms with E-state index in [2.05, 4.69) is 0 Å². The molecular weight excluding hydrogens is 544 g/mol. The zero-order valence-corrected chi connectivity index (χ0v) is 23.4. The van der Waals surface area contributed by atoms with Crippen molar-refractivity contribution >= 4 is 23.9 Å². The summed E-state index contributed by atoms with van der Waals surface area (Å²) in [6.07, 6.45) is 0. The smallest absolute Gasteiger partial charge is 0.338 e. The highest BCUT2D eigenvalue weighted by atomic mass is 16.6. The van der Waals surface area contributed by atoms with E-state index >= 15 is 0 Å². The van der Waals surface area contributed by atoms with Crippen molar-refractivity contribution in [2.45, 2.75) is 0 Å². The Morgan fingerprint density at radius 2 is 0.659 bits per heavy atom. The van der Waals surface area contributed by atoms with Gasteiger partial charge in [0, 0.05) is 0 Å². The highest BCUT2D eigenvalue weighted by Crippen LogP contribution is 2.20. The average molecular weight is 579 g/mol. The molecule has 0 N–H and O–H groups in total. The van der Waals surface area contributed by atoms with Crippen LogP contribution in [0.1, 0.15) is 41.4 Å². The second-order valence-corrected chi connectivity index (χ2v) is 7.99. The van der Waals surface area contributed by atoms with Crippen molar-refractivity contribution in [3.05, 3.63) is 58.7 Å². The quantitative estimate of drug-likeness (QED) is 0.145. The highest BCUT2D eigenvalue weighted by Gasteiger charge is 2.15. The van der Waals surface area contributed by atoms with Crippen LogP contribution >= 0.6 is 0 Å². The molecule has 2 rings (SSSR count). The zero-order chi connectivity index (χ0) is 30.0. The molecule has 0 heterocycles. The van der Waals surface area contributed by atoms with E-state index in [1.165, 1.54) is 64.8 Å². The zero-order valence-electron chi connectivity index (χ0n) is 23.4. The minimum atomic E-state index is -0.606. The Morgan fingerprint density at radius 1 is 0.415 bits per heavy atom. The molecule has 0 aromatic heterocycles. The molecule has 0 aliphatic heterocycles. The van der Waals surface area contributed by atoms with Crippen LogP contribution in [0, 0.1) is 0 Å². The van der Waals surface area contributed by atoms with Gasteiger partial charge in [0.05, 0.1) is 90.3 Å². The van der Waals surface area contributed by atoms with Gasteiger partial charge in [0.15, 0.2) is 0 Å². The fourth-order valence-electron chi connectivity index (χ4n) is 3.29. The first kappa shape index (κ1) is 33.0. The predicted octanol–water partition coefficient (Wildman–Crippen LogP) is 2.34. The molecule has 13 nitrogen and oxygen atoms in total. The van der Waals surface area contributed by atoms with Gasteiger partial charge in [-0.25, -0.2) is 19.2 Å². The summed E-state index contributed by atoms with van der Waals surface area (Å²) in [7, 11) is 4.96. The summed E-state index contributed by atoms with van der Waals surface area (Å²) in [6, 6.07) is 8.58. The molecule has 13 heteroatoms. The maximum absolute atomic E-state index is 11.8. The standard InChI is InChI=1S/C28H34O13/c1-33-25(29)19-13-20(26(30)34-2)16-23(15-19)40-11-9-38-7-5-37-6-8-39-10-12-41-24-17-21(27(31)35-3)14-22(18-24)28(32)36-4/h13-18H,5-12H2,1-4H3. The lowest BCUT2D eigenvalue weighted by molar-refractivity contribution is 0.00496. The molecule has 0 unspecified atom stereocenters. The van der Waals surface area contributed by atoms with Gasteiger partial charge in [-0.05, 0) is 36.4 Å². The van der Waals surface area contributed by atoms with Gasteiger partial charge in [0.1, 0.15) is 24.7 Å². The topological polar surface area (TPSA) is 151 Å². The molecule has 0 bridgehead atoms. The Balaban J connectivity index is 1.59. The number of hydrogen-bond donors (Lipinski definition) is 0. The van der Waals surface area contributed by atoms with Gasteiger partial charge in [-0.3, -0.25) is 0 Å². The molecule has 41 heavy (non-hydrogen) atoms. The van der Waals surface area contributed by atoms with Gasteiger partial charge in [-0.2, -0.15) is 0 Å². The van der Waals surface area contributed by atoms with E-state index in [4.69, 9.17) is 42.6 Å². The molecule has 0 saturated heterocycles. The summed E-state index contributed by atoms with van der Waals surface area (Å²) in [5.41, 5.74) is 0.644. The van der Waals surface area contributed by atoms with Crippen LogP contribution in [0.4, 0.5) is 0 Å². The number of benzene rings is 2. The van der Waals surface area contributed by atoms with E-state index in [1.54, 1.807) is 0 Å². The van der Waals surface area contributed by atoms with Crippen LogP contribution in [0.3, 0.4) is 0 Å². The van der Waals surface area contributed by atoms with Crippen molar-refractivity contribution in [3.63, 3.8) is 0 Å². The van der Waals surface area contributed by atoms with Gasteiger partial charge in [-0.15, -0.1) is 0 Å². The Morgan fingerprint density at radius 3 is 0.902 bits per heavy atom. The summed E-state index contributed by atoms with van der Waals surface area (Å²) in [5, 5.41) is 0. The largest absolute Gasteiger partial charge is 0.491 e. The maximum Gasteiger partial charge on any atom is 0.338 e. The molecule has 0 saturated carbocycles. The Hall–Kier alpha value is -4.20. The third kappa shape index (κ3) is 11.4. The number of methoxy groups -OCH3 is 4. The number of carbonyl (C=O) groups excluding carboxylic acids is 4. The Labute approximate surface area is 237 Å². The minimum absolute atomic E-state index is 0.161. The van der Waals surface area contributed by atoms with Crippen molar-refractivity contribution < 1.29 is 61.8 Å². The minimum Gasteiger partial charge on any atom is -0.491 e. The summed E-state index contributed by atoms with van der Waals surface area (Å²) in [6.45, 7) is 2.17. The van der Waals surface area contributed by atoms with Crippen LogP contribution in [-0.2, 0) is 33.2 Å². The van der Waals surface area contributed by atoms with E-state index in [9.17, 15) is 19.2 Å². The van der Waals surface area contributed by atoms with Gasteiger partial charge in [0.25, 0.3) is 0 Å². The second-order valence-electron chi connectivity index (χ2n) is 7.99. The molecule has 0 spiro atoms. The first-order valence-corrected chi connectivity index (χ1v) is 12.4.